The van der Waals surface area contributed by atoms with Gasteiger partial charge in [-0.3, -0.25) is 4.79 Å². The molecule has 0 spiro atoms. The number of fused-ring (bicyclic) bond motifs is 1. The van der Waals surface area contributed by atoms with Crippen molar-refractivity contribution >= 4 is 17.2 Å². The minimum Gasteiger partial charge on any atom is -0.490 e. The van der Waals surface area contributed by atoms with Gasteiger partial charge in [0.1, 0.15) is 5.75 Å². The minimum atomic E-state index is 0.362. The van der Waals surface area contributed by atoms with Gasteiger partial charge in [0.2, 0.25) is 0 Å². The summed E-state index contributed by atoms with van der Waals surface area (Å²) >= 11 is 0. The molecule has 0 saturated heterocycles. The lowest BCUT2D eigenvalue weighted by Crippen LogP contribution is -2.24. The van der Waals surface area contributed by atoms with Crippen LogP contribution in [-0.4, -0.2) is 17.0 Å². The average Bonchev–Trinajstić information content (AvgIpc) is 2.62. The van der Waals surface area contributed by atoms with Gasteiger partial charge in [0, 0.05) is 12.4 Å². The largest absolute Gasteiger partial charge is 0.490 e. The fourth-order valence-corrected chi connectivity index (χ4v) is 2.24. The van der Waals surface area contributed by atoms with Crippen molar-refractivity contribution in [3.63, 3.8) is 0 Å². The lowest BCUT2D eigenvalue weighted by molar-refractivity contribution is 0.111. The van der Waals surface area contributed by atoms with Crippen molar-refractivity contribution in [2.45, 2.75) is 25.4 Å². The Morgan fingerprint density at radius 1 is 1.41 bits per heavy atom. The molecular weight excluding hydrogens is 214 g/mol. The molecule has 0 N–H and O–H groups in total. The van der Waals surface area contributed by atoms with E-state index in [0.717, 1.165) is 35.8 Å². The van der Waals surface area contributed by atoms with Gasteiger partial charge in [-0.05, 0) is 37.5 Å². The van der Waals surface area contributed by atoms with Crippen LogP contribution in [-0.2, 0) is 7.05 Å². The first-order valence-electron chi connectivity index (χ1n) is 6.00. The molecule has 3 heteroatoms. The van der Waals surface area contributed by atoms with Crippen LogP contribution >= 0.6 is 0 Å². The Morgan fingerprint density at radius 2 is 2.24 bits per heavy atom. The molecule has 3 nitrogen and oxygen atoms in total. The molecule has 0 atom stereocenters. The number of nitrogens with zero attached hydrogens (tertiary/aromatic N) is 1. The fourth-order valence-electron chi connectivity index (χ4n) is 2.24. The van der Waals surface area contributed by atoms with E-state index in [4.69, 9.17) is 4.74 Å². The van der Waals surface area contributed by atoms with Crippen molar-refractivity contribution in [2.24, 2.45) is 7.05 Å². The summed E-state index contributed by atoms with van der Waals surface area (Å²) < 4.78 is 7.85. The molecule has 1 aliphatic rings. The van der Waals surface area contributed by atoms with Crippen molar-refractivity contribution in [1.82, 2.24) is 4.57 Å². The molecule has 3 rings (SSSR count). The molecular formula is C14H15NO2. The molecule has 1 fully saturated rings. The molecule has 0 amide bonds. The summed E-state index contributed by atoms with van der Waals surface area (Å²) in [6.07, 6.45) is 4.79. The highest BCUT2D eigenvalue weighted by molar-refractivity contribution is 5.92. The van der Waals surface area contributed by atoms with Gasteiger partial charge in [-0.1, -0.05) is 6.07 Å². The van der Waals surface area contributed by atoms with Gasteiger partial charge in [-0.2, -0.15) is 0 Å². The van der Waals surface area contributed by atoms with Crippen LogP contribution < -0.4 is 4.74 Å². The van der Waals surface area contributed by atoms with Gasteiger partial charge in [-0.15, -0.1) is 0 Å². The number of hydrogen-bond acceptors (Lipinski definition) is 2. The Bertz CT molecular complexity index is 567. The van der Waals surface area contributed by atoms with E-state index < -0.39 is 0 Å². The van der Waals surface area contributed by atoms with Crippen LogP contribution in [0.4, 0.5) is 0 Å². The summed E-state index contributed by atoms with van der Waals surface area (Å²) in [7, 11) is 1.90. The number of carbonyl (C=O) groups is 1. The molecule has 0 bridgehead atoms. The molecule has 1 aliphatic carbocycles. The van der Waals surface area contributed by atoms with Crippen LogP contribution in [0.2, 0.25) is 0 Å². The van der Waals surface area contributed by atoms with E-state index in [1.165, 1.54) is 6.42 Å². The third-order valence-corrected chi connectivity index (χ3v) is 3.55. The smallest absolute Gasteiger partial charge is 0.166 e. The van der Waals surface area contributed by atoms with E-state index in [1.807, 2.05) is 35.9 Å². The number of aryl methyl sites for hydroxylation is 1. The van der Waals surface area contributed by atoms with Gasteiger partial charge in [-0.25, -0.2) is 0 Å². The van der Waals surface area contributed by atoms with E-state index in [-0.39, 0.29) is 0 Å². The molecule has 0 radical (unpaired) electrons. The van der Waals surface area contributed by atoms with Gasteiger partial charge in [0.15, 0.2) is 6.29 Å². The highest BCUT2D eigenvalue weighted by Gasteiger charge is 2.20. The zero-order valence-electron chi connectivity index (χ0n) is 9.85. The predicted octanol–water partition coefficient (Wildman–Crippen LogP) is 2.92. The maximum atomic E-state index is 10.9. The number of hydrogen-bond donors (Lipinski definition) is 0. The molecule has 17 heavy (non-hydrogen) atoms. The monoisotopic (exact) mass is 229 g/mol. The summed E-state index contributed by atoms with van der Waals surface area (Å²) in [5, 5.41) is 1.03. The van der Waals surface area contributed by atoms with Crippen molar-refractivity contribution in [1.29, 1.82) is 0 Å². The molecule has 1 aromatic carbocycles. The predicted molar refractivity (Wildman–Crippen MR) is 66.6 cm³/mol. The highest BCUT2D eigenvalue weighted by atomic mass is 16.5. The maximum Gasteiger partial charge on any atom is 0.166 e. The Morgan fingerprint density at radius 3 is 2.88 bits per heavy atom. The van der Waals surface area contributed by atoms with E-state index in [2.05, 4.69) is 0 Å². The number of benzene rings is 1. The Hall–Kier alpha value is -1.77. The number of aromatic nitrogens is 1. The zero-order chi connectivity index (χ0) is 11.8. The molecule has 1 aromatic heterocycles. The Labute approximate surface area is 100.0 Å². The first kappa shape index (κ1) is 10.4. The van der Waals surface area contributed by atoms with Crippen LogP contribution in [0.15, 0.2) is 24.3 Å². The Kier molecular flexibility index (Phi) is 2.39. The van der Waals surface area contributed by atoms with Crippen LogP contribution in [0, 0.1) is 0 Å². The van der Waals surface area contributed by atoms with Crippen LogP contribution in [0.3, 0.4) is 0 Å². The van der Waals surface area contributed by atoms with Gasteiger partial charge < -0.3 is 9.30 Å². The van der Waals surface area contributed by atoms with Crippen LogP contribution in [0.25, 0.3) is 10.9 Å². The summed E-state index contributed by atoms with van der Waals surface area (Å²) in [5.41, 5.74) is 1.73. The first-order valence-corrected chi connectivity index (χ1v) is 6.00. The Balaban J connectivity index is 2.08. The van der Waals surface area contributed by atoms with Crippen molar-refractivity contribution in [3.05, 3.63) is 30.0 Å². The normalized spacial score (nSPS) is 15.8. The molecule has 1 heterocycles. The lowest BCUT2D eigenvalue weighted by atomic mass is 9.96. The molecule has 0 aliphatic heterocycles. The molecule has 88 valence electrons. The SMILES string of the molecule is Cn1c(C=O)cc2c(OC3CCC3)cccc21. The van der Waals surface area contributed by atoms with Crippen LogP contribution in [0.1, 0.15) is 29.8 Å². The third kappa shape index (κ3) is 1.62. The van der Waals surface area contributed by atoms with Gasteiger partial charge in [0.05, 0.1) is 17.3 Å². The second-order valence-corrected chi connectivity index (χ2v) is 4.61. The topological polar surface area (TPSA) is 31.2 Å². The average molecular weight is 229 g/mol. The minimum absolute atomic E-state index is 0.362. The summed E-state index contributed by atoms with van der Waals surface area (Å²) in [6, 6.07) is 7.87. The fraction of sp³-hybridized carbons (Fsp3) is 0.357. The van der Waals surface area contributed by atoms with E-state index >= 15 is 0 Å². The number of aldehydes is 1. The first-order chi connectivity index (χ1) is 8.29. The second-order valence-electron chi connectivity index (χ2n) is 4.61. The van der Waals surface area contributed by atoms with Gasteiger partial charge >= 0.3 is 0 Å². The standard InChI is InChI=1S/C14H15NO2/c1-15-10(9-16)8-12-13(15)6-3-7-14(12)17-11-4-2-5-11/h3,6-9,11H,2,4-5H2,1H3. The summed E-state index contributed by atoms with van der Waals surface area (Å²) in [6.45, 7) is 0. The van der Waals surface area contributed by atoms with E-state index in [9.17, 15) is 4.79 Å². The third-order valence-electron chi connectivity index (χ3n) is 3.55. The van der Waals surface area contributed by atoms with Crippen molar-refractivity contribution < 1.29 is 9.53 Å². The summed E-state index contributed by atoms with van der Waals surface area (Å²) in [5.74, 6) is 0.899. The lowest BCUT2D eigenvalue weighted by Gasteiger charge is -2.26. The molecule has 0 unspecified atom stereocenters. The van der Waals surface area contributed by atoms with Gasteiger partial charge in [0.25, 0.3) is 0 Å². The van der Waals surface area contributed by atoms with Crippen molar-refractivity contribution in [3.8, 4) is 5.75 Å². The zero-order valence-corrected chi connectivity index (χ0v) is 9.85. The highest BCUT2D eigenvalue weighted by Crippen LogP contribution is 2.32. The molecule has 1 saturated carbocycles. The second kappa shape index (κ2) is 3.91. The number of carbonyl (C=O) groups excluding carboxylic acids is 1. The van der Waals surface area contributed by atoms with E-state index in [1.54, 1.807) is 0 Å². The number of rotatable bonds is 3. The maximum absolute atomic E-state index is 10.9. The number of ether oxygens (including phenoxy) is 1. The summed E-state index contributed by atoms with van der Waals surface area (Å²) in [4.78, 5) is 10.9. The quantitative estimate of drug-likeness (QED) is 0.758. The van der Waals surface area contributed by atoms with Crippen LogP contribution in [0.5, 0.6) is 5.75 Å². The van der Waals surface area contributed by atoms with E-state index in [0.29, 0.717) is 11.8 Å². The van der Waals surface area contributed by atoms with Crippen molar-refractivity contribution in [2.75, 3.05) is 0 Å². The molecule has 2 aromatic rings.